The van der Waals surface area contributed by atoms with Gasteiger partial charge in [-0.15, -0.1) is 0 Å². The lowest BCUT2D eigenvalue weighted by atomic mass is 10.2. The van der Waals surface area contributed by atoms with Crippen molar-refractivity contribution in [1.82, 2.24) is 20.3 Å². The number of aliphatic hydroxyl groups is 2. The molecule has 6 N–H and O–H groups in total. The lowest BCUT2D eigenvalue weighted by Crippen LogP contribution is -2.37. The Morgan fingerprint density at radius 1 is 1.24 bits per heavy atom. The van der Waals surface area contributed by atoms with Crippen molar-refractivity contribution in [3.63, 3.8) is 0 Å². The Bertz CT molecular complexity index is 707. The van der Waals surface area contributed by atoms with Crippen LogP contribution in [0.5, 0.6) is 0 Å². The molecule has 2 aromatic heterocycles. The van der Waals surface area contributed by atoms with E-state index in [-0.39, 0.29) is 6.54 Å². The topological polar surface area (TPSA) is 134 Å². The molecule has 0 amide bonds. The van der Waals surface area contributed by atoms with E-state index in [9.17, 15) is 19.8 Å². The third-order valence-corrected chi connectivity index (χ3v) is 3.78. The van der Waals surface area contributed by atoms with E-state index in [1.807, 2.05) is 6.26 Å². The average Bonchev–Trinajstić information content (AvgIpc) is 2.82. The van der Waals surface area contributed by atoms with Crippen LogP contribution in [0.2, 0.25) is 0 Å². The number of nitrogens with one attached hydrogen (secondary N) is 4. The molecule has 0 aliphatic heterocycles. The summed E-state index contributed by atoms with van der Waals surface area (Å²) in [6, 6.07) is 0. The van der Waals surface area contributed by atoms with Gasteiger partial charge in [-0.05, 0) is 6.26 Å². The molecular weight excluding hydrogens is 296 g/mol. The van der Waals surface area contributed by atoms with Gasteiger partial charge in [0.05, 0.1) is 17.7 Å². The van der Waals surface area contributed by atoms with Crippen molar-refractivity contribution < 1.29 is 10.2 Å². The van der Waals surface area contributed by atoms with E-state index in [1.165, 1.54) is 11.8 Å². The zero-order valence-electron chi connectivity index (χ0n) is 11.5. The highest BCUT2D eigenvalue weighted by Gasteiger charge is 2.15. The van der Waals surface area contributed by atoms with Crippen molar-refractivity contribution in [1.29, 1.82) is 0 Å². The van der Waals surface area contributed by atoms with Gasteiger partial charge in [0.25, 0.3) is 5.56 Å². The van der Waals surface area contributed by atoms with Gasteiger partial charge in [0.2, 0.25) is 0 Å². The maximum Gasteiger partial charge on any atom is 0.326 e. The predicted molar refractivity (Wildman–Crippen MR) is 81.6 cm³/mol. The first-order valence-corrected chi connectivity index (χ1v) is 7.80. The molecule has 0 spiro atoms. The Kier molecular flexibility index (Phi) is 5.23. The molecule has 0 saturated heterocycles. The first-order chi connectivity index (χ1) is 10.0. The Morgan fingerprint density at radius 3 is 2.71 bits per heavy atom. The molecule has 2 rings (SSSR count). The maximum absolute atomic E-state index is 11.6. The Labute approximate surface area is 124 Å². The van der Waals surface area contributed by atoms with E-state index in [2.05, 4.69) is 20.3 Å². The molecule has 0 aliphatic carbocycles. The molecule has 2 heterocycles. The van der Waals surface area contributed by atoms with Crippen LogP contribution in [0.3, 0.4) is 0 Å². The summed E-state index contributed by atoms with van der Waals surface area (Å²) in [5, 5.41) is 22.3. The quantitative estimate of drug-likeness (QED) is 0.377. The minimum atomic E-state index is -0.870. The van der Waals surface area contributed by atoms with Gasteiger partial charge in [0, 0.05) is 30.6 Å². The molecule has 0 bridgehead atoms. The van der Waals surface area contributed by atoms with Crippen LogP contribution in [0, 0.1) is 0 Å². The third-order valence-electron chi connectivity index (χ3n) is 3.11. The lowest BCUT2D eigenvalue weighted by Gasteiger charge is -2.17. The number of aliphatic hydroxyl groups excluding tert-OH is 2. The van der Waals surface area contributed by atoms with Crippen LogP contribution in [0.25, 0.3) is 11.0 Å². The third kappa shape index (κ3) is 3.76. The van der Waals surface area contributed by atoms with Crippen molar-refractivity contribution in [3.05, 3.63) is 32.6 Å². The number of hydrogen-bond donors (Lipinski definition) is 6. The largest absolute Gasteiger partial charge is 0.390 e. The van der Waals surface area contributed by atoms with Gasteiger partial charge in [-0.2, -0.15) is 11.8 Å². The highest BCUT2D eigenvalue weighted by Crippen LogP contribution is 2.10. The summed E-state index contributed by atoms with van der Waals surface area (Å²) in [6.45, 7) is 0.560. The number of thioether (sulfide) groups is 1. The minimum Gasteiger partial charge on any atom is -0.390 e. The number of rotatable bonds is 7. The summed E-state index contributed by atoms with van der Waals surface area (Å²) in [5.74, 6) is 0.457. The fourth-order valence-corrected chi connectivity index (χ4v) is 2.57. The number of aromatic nitrogens is 3. The molecule has 9 heteroatoms. The van der Waals surface area contributed by atoms with Gasteiger partial charge >= 0.3 is 5.69 Å². The van der Waals surface area contributed by atoms with Crippen molar-refractivity contribution in [2.45, 2.75) is 18.8 Å². The summed E-state index contributed by atoms with van der Waals surface area (Å²) in [7, 11) is 0. The number of H-pyrrole nitrogens is 3. The maximum atomic E-state index is 11.6. The smallest absolute Gasteiger partial charge is 0.326 e. The summed E-state index contributed by atoms with van der Waals surface area (Å²) < 4.78 is 0. The average molecular weight is 314 g/mol. The standard InChI is InChI=1S/C12H18N4O4S/c1-21-5-8(18)7(17)4-13-2-6-3-14-10-9(6)15-12(20)16-11(10)19/h3,7-8,13-14,17-18H,2,4-5H2,1H3,(H2,15,16,19,20). The van der Waals surface area contributed by atoms with Gasteiger partial charge < -0.3 is 25.5 Å². The fraction of sp³-hybridized carbons (Fsp3) is 0.500. The first kappa shape index (κ1) is 15.8. The van der Waals surface area contributed by atoms with E-state index in [1.54, 1.807) is 6.20 Å². The molecule has 0 aromatic carbocycles. The predicted octanol–water partition coefficient (Wildman–Crippen LogP) is -1.28. The second kappa shape index (κ2) is 6.94. The molecule has 8 nitrogen and oxygen atoms in total. The van der Waals surface area contributed by atoms with Crippen molar-refractivity contribution >= 4 is 22.8 Å². The van der Waals surface area contributed by atoms with Gasteiger partial charge in [0.15, 0.2) is 0 Å². The van der Waals surface area contributed by atoms with Gasteiger partial charge in [-0.3, -0.25) is 9.78 Å². The molecule has 2 aromatic rings. The normalized spacial score (nSPS) is 14.4. The van der Waals surface area contributed by atoms with Gasteiger partial charge in [-0.1, -0.05) is 0 Å². The fourth-order valence-electron chi connectivity index (χ4n) is 2.01. The molecule has 0 radical (unpaired) electrons. The SMILES string of the molecule is CSCC(O)C(O)CNCc1c[nH]c2c(=O)[nH]c(=O)[nH]c12. The Hall–Kier alpha value is -1.55. The molecule has 116 valence electrons. The monoisotopic (exact) mass is 314 g/mol. The van der Waals surface area contributed by atoms with Crippen LogP contribution in [-0.2, 0) is 6.54 Å². The Balaban J connectivity index is 2.01. The van der Waals surface area contributed by atoms with Gasteiger partial charge in [-0.25, -0.2) is 4.79 Å². The molecule has 0 saturated carbocycles. The van der Waals surface area contributed by atoms with Crippen molar-refractivity contribution in [2.75, 3.05) is 18.6 Å². The van der Waals surface area contributed by atoms with Crippen LogP contribution in [-0.4, -0.2) is 55.9 Å². The minimum absolute atomic E-state index is 0.210. The molecule has 0 aliphatic rings. The van der Waals surface area contributed by atoms with Crippen LogP contribution < -0.4 is 16.6 Å². The lowest BCUT2D eigenvalue weighted by molar-refractivity contribution is 0.0347. The van der Waals surface area contributed by atoms with Crippen LogP contribution in [0.1, 0.15) is 5.56 Å². The molecule has 2 atom stereocenters. The van der Waals surface area contributed by atoms with E-state index in [0.29, 0.717) is 28.9 Å². The number of aromatic amines is 3. The van der Waals surface area contributed by atoms with E-state index in [4.69, 9.17) is 0 Å². The summed E-state index contributed by atoms with van der Waals surface area (Å²) in [4.78, 5) is 30.3. The van der Waals surface area contributed by atoms with E-state index < -0.39 is 23.5 Å². The van der Waals surface area contributed by atoms with Crippen molar-refractivity contribution in [2.24, 2.45) is 0 Å². The zero-order valence-corrected chi connectivity index (χ0v) is 12.3. The van der Waals surface area contributed by atoms with Gasteiger partial charge in [0.1, 0.15) is 5.52 Å². The van der Waals surface area contributed by atoms with E-state index >= 15 is 0 Å². The van der Waals surface area contributed by atoms with Crippen LogP contribution >= 0.6 is 11.8 Å². The van der Waals surface area contributed by atoms with Crippen LogP contribution in [0.15, 0.2) is 15.8 Å². The summed E-state index contributed by atoms with van der Waals surface area (Å²) in [5.41, 5.74) is 0.406. The number of hydrogen-bond acceptors (Lipinski definition) is 6. The molecule has 2 unspecified atom stereocenters. The zero-order chi connectivity index (χ0) is 15.4. The number of fused-ring (bicyclic) bond motifs is 1. The molecule has 21 heavy (non-hydrogen) atoms. The highest BCUT2D eigenvalue weighted by atomic mass is 32.2. The second-order valence-corrected chi connectivity index (χ2v) is 5.60. The van der Waals surface area contributed by atoms with Crippen molar-refractivity contribution in [3.8, 4) is 0 Å². The summed E-state index contributed by atoms with van der Waals surface area (Å²) >= 11 is 1.45. The summed E-state index contributed by atoms with van der Waals surface area (Å²) in [6.07, 6.45) is 1.81. The van der Waals surface area contributed by atoms with E-state index in [0.717, 1.165) is 0 Å². The second-order valence-electron chi connectivity index (χ2n) is 4.69. The molecular formula is C12H18N4O4S. The molecule has 0 fully saturated rings. The Morgan fingerprint density at radius 2 is 2.00 bits per heavy atom. The van der Waals surface area contributed by atoms with Crippen LogP contribution in [0.4, 0.5) is 0 Å². The highest BCUT2D eigenvalue weighted by molar-refractivity contribution is 7.98. The first-order valence-electron chi connectivity index (χ1n) is 6.41.